The minimum atomic E-state index is 0.0169. The van der Waals surface area contributed by atoms with E-state index in [0.717, 1.165) is 33.1 Å². The van der Waals surface area contributed by atoms with Crippen LogP contribution in [0.3, 0.4) is 0 Å². The Labute approximate surface area is 180 Å². The molecule has 0 bridgehead atoms. The van der Waals surface area contributed by atoms with Crippen LogP contribution in [0.1, 0.15) is 34.2 Å². The lowest BCUT2D eigenvalue weighted by Gasteiger charge is -2.13. The number of thioether (sulfide) groups is 1. The highest BCUT2D eigenvalue weighted by molar-refractivity contribution is 7.99. The molecule has 0 saturated carbocycles. The number of hydrogen-bond donors (Lipinski definition) is 1. The topological polar surface area (TPSA) is 59.3 Å². The Morgan fingerprint density at radius 3 is 2.43 bits per heavy atom. The van der Waals surface area contributed by atoms with Crippen LogP contribution >= 0.6 is 11.8 Å². The molecule has 0 radical (unpaired) electrons. The molecular weight excluding hydrogens is 392 g/mol. The molecule has 2 aromatic heterocycles. The Kier molecular flexibility index (Phi) is 5.52. The van der Waals surface area contributed by atoms with E-state index in [9.17, 15) is 4.79 Å². The maximum Gasteiger partial charge on any atom is 0.225 e. The first-order valence-corrected chi connectivity index (χ1v) is 11.1. The fourth-order valence-corrected chi connectivity index (χ4v) is 4.92. The molecule has 1 N–H and O–H groups in total. The number of fused-ring (bicyclic) bond motifs is 3. The van der Waals surface area contributed by atoms with Crippen LogP contribution in [-0.2, 0) is 4.79 Å². The van der Waals surface area contributed by atoms with Crippen molar-refractivity contribution in [3.05, 3.63) is 64.2 Å². The minimum Gasteiger partial charge on any atom is -0.326 e. The van der Waals surface area contributed by atoms with Gasteiger partial charge in [-0.3, -0.25) is 9.20 Å². The second-order valence-corrected chi connectivity index (χ2v) is 8.96. The highest BCUT2D eigenvalue weighted by atomic mass is 32.2. The van der Waals surface area contributed by atoms with E-state index in [1.807, 2.05) is 13.8 Å². The summed E-state index contributed by atoms with van der Waals surface area (Å²) in [6, 6.07) is 12.6. The number of aryl methyl sites for hydroxylation is 5. The van der Waals surface area contributed by atoms with Crippen molar-refractivity contribution in [3.63, 3.8) is 0 Å². The van der Waals surface area contributed by atoms with Crippen LogP contribution in [0, 0.1) is 34.6 Å². The number of hydrogen-bond acceptors (Lipinski definition) is 4. The standard InChI is InChI=1S/C24H26N4OS/c1-14-11-17(4)22(18(5)12-14)25-21(29)9-10-30-24-27-26-20-13-16(3)19-8-6-7-15(2)23(19)28(20)24/h6-8,11-13H,9-10H2,1-5H3,(H,25,29). The summed E-state index contributed by atoms with van der Waals surface area (Å²) in [5.74, 6) is 0.654. The third-order valence-corrected chi connectivity index (χ3v) is 6.32. The summed E-state index contributed by atoms with van der Waals surface area (Å²) in [5, 5.41) is 13.8. The predicted octanol–water partition coefficient (Wildman–Crippen LogP) is 5.55. The molecule has 5 nitrogen and oxygen atoms in total. The van der Waals surface area contributed by atoms with Crippen LogP contribution in [0.4, 0.5) is 5.69 Å². The fourth-order valence-electron chi connectivity index (χ4n) is 4.04. The average Bonchev–Trinajstić information content (AvgIpc) is 3.07. The fraction of sp³-hybridized carbons (Fsp3) is 0.292. The van der Waals surface area contributed by atoms with Gasteiger partial charge in [-0.2, -0.15) is 0 Å². The summed E-state index contributed by atoms with van der Waals surface area (Å²) in [4.78, 5) is 12.5. The molecule has 2 heterocycles. The molecule has 0 aliphatic carbocycles. The largest absolute Gasteiger partial charge is 0.326 e. The number of amides is 1. The van der Waals surface area contributed by atoms with Gasteiger partial charge < -0.3 is 5.32 Å². The lowest BCUT2D eigenvalue weighted by molar-refractivity contribution is -0.115. The number of anilines is 1. The lowest BCUT2D eigenvalue weighted by atomic mass is 10.1. The lowest BCUT2D eigenvalue weighted by Crippen LogP contribution is -2.14. The van der Waals surface area contributed by atoms with Gasteiger partial charge in [-0.05, 0) is 62.9 Å². The van der Waals surface area contributed by atoms with Crippen molar-refractivity contribution in [3.8, 4) is 0 Å². The zero-order valence-electron chi connectivity index (χ0n) is 18.0. The maximum atomic E-state index is 12.5. The molecule has 2 aromatic carbocycles. The van der Waals surface area contributed by atoms with E-state index in [2.05, 4.69) is 77.1 Å². The number of carbonyl (C=O) groups is 1. The molecule has 6 heteroatoms. The van der Waals surface area contributed by atoms with E-state index < -0.39 is 0 Å². The summed E-state index contributed by atoms with van der Waals surface area (Å²) in [5.41, 5.74) is 8.65. The third kappa shape index (κ3) is 3.79. The SMILES string of the molecule is Cc1cc(C)c(NC(=O)CCSc2nnc3cc(C)c4cccc(C)c4n23)c(C)c1. The summed E-state index contributed by atoms with van der Waals surface area (Å²) in [7, 11) is 0. The summed E-state index contributed by atoms with van der Waals surface area (Å²) >= 11 is 1.56. The van der Waals surface area contributed by atoms with Crippen molar-refractivity contribution >= 4 is 39.9 Å². The first-order valence-electron chi connectivity index (χ1n) is 10.1. The second kappa shape index (κ2) is 8.11. The predicted molar refractivity (Wildman–Crippen MR) is 125 cm³/mol. The van der Waals surface area contributed by atoms with Gasteiger partial charge >= 0.3 is 0 Å². The number of rotatable bonds is 5. The Hall–Kier alpha value is -2.86. The van der Waals surface area contributed by atoms with Crippen molar-refractivity contribution in [2.24, 2.45) is 0 Å². The highest BCUT2D eigenvalue weighted by Gasteiger charge is 2.14. The van der Waals surface area contributed by atoms with Crippen molar-refractivity contribution in [2.75, 3.05) is 11.1 Å². The highest BCUT2D eigenvalue weighted by Crippen LogP contribution is 2.28. The molecule has 4 rings (SSSR count). The van der Waals surface area contributed by atoms with E-state index >= 15 is 0 Å². The van der Waals surface area contributed by atoms with Gasteiger partial charge in [0.2, 0.25) is 5.91 Å². The Balaban J connectivity index is 1.52. The number of pyridine rings is 1. The molecule has 0 atom stereocenters. The second-order valence-electron chi connectivity index (χ2n) is 7.89. The van der Waals surface area contributed by atoms with E-state index in [-0.39, 0.29) is 5.91 Å². The van der Waals surface area contributed by atoms with E-state index in [1.54, 1.807) is 11.8 Å². The zero-order valence-corrected chi connectivity index (χ0v) is 18.9. The van der Waals surface area contributed by atoms with Gasteiger partial charge in [0.05, 0.1) is 5.52 Å². The molecule has 0 fully saturated rings. The van der Waals surface area contributed by atoms with Crippen molar-refractivity contribution in [1.82, 2.24) is 14.6 Å². The molecule has 1 amide bonds. The first-order chi connectivity index (χ1) is 14.3. The van der Waals surface area contributed by atoms with Gasteiger partial charge in [-0.25, -0.2) is 0 Å². The van der Waals surface area contributed by atoms with Crippen LogP contribution in [0.25, 0.3) is 16.6 Å². The van der Waals surface area contributed by atoms with Gasteiger partial charge in [0.25, 0.3) is 0 Å². The normalized spacial score (nSPS) is 11.4. The number of nitrogens with one attached hydrogen (secondary N) is 1. The van der Waals surface area contributed by atoms with E-state index in [0.29, 0.717) is 12.2 Å². The smallest absolute Gasteiger partial charge is 0.225 e. The third-order valence-electron chi connectivity index (χ3n) is 5.39. The molecule has 0 aliphatic rings. The van der Waals surface area contributed by atoms with E-state index in [4.69, 9.17) is 0 Å². The first kappa shape index (κ1) is 20.4. The zero-order chi connectivity index (χ0) is 21.4. The molecule has 4 aromatic rings. The van der Waals surface area contributed by atoms with Crippen molar-refractivity contribution in [1.29, 1.82) is 0 Å². The average molecular weight is 419 g/mol. The number of carbonyl (C=O) groups excluding carboxylic acids is 1. The minimum absolute atomic E-state index is 0.0169. The molecule has 0 unspecified atom stereocenters. The van der Waals surface area contributed by atoms with Crippen LogP contribution in [0.15, 0.2) is 41.6 Å². The number of aromatic nitrogens is 3. The molecule has 154 valence electrons. The van der Waals surface area contributed by atoms with E-state index in [1.165, 1.54) is 22.1 Å². The van der Waals surface area contributed by atoms with Crippen molar-refractivity contribution < 1.29 is 4.79 Å². The number of nitrogens with zero attached hydrogens (tertiary/aromatic N) is 3. The molecule has 0 saturated heterocycles. The van der Waals surface area contributed by atoms with Gasteiger partial charge in [0.1, 0.15) is 0 Å². The van der Waals surface area contributed by atoms with Crippen LogP contribution in [0.5, 0.6) is 0 Å². The van der Waals surface area contributed by atoms with Gasteiger partial charge in [-0.1, -0.05) is 47.7 Å². The number of para-hydroxylation sites is 1. The summed E-state index contributed by atoms with van der Waals surface area (Å²) in [6.45, 7) is 10.3. The Morgan fingerprint density at radius 2 is 1.70 bits per heavy atom. The molecular formula is C24H26N4OS. The van der Waals surface area contributed by atoms with Crippen LogP contribution in [0.2, 0.25) is 0 Å². The monoisotopic (exact) mass is 418 g/mol. The molecule has 0 aliphatic heterocycles. The summed E-state index contributed by atoms with van der Waals surface area (Å²) < 4.78 is 2.11. The van der Waals surface area contributed by atoms with Crippen LogP contribution < -0.4 is 5.32 Å². The van der Waals surface area contributed by atoms with Gasteiger partial charge in [-0.15, -0.1) is 10.2 Å². The van der Waals surface area contributed by atoms with Gasteiger partial charge in [0, 0.05) is 23.2 Å². The van der Waals surface area contributed by atoms with Gasteiger partial charge in [0.15, 0.2) is 10.8 Å². The molecule has 30 heavy (non-hydrogen) atoms. The quantitative estimate of drug-likeness (QED) is 0.432. The Bertz CT molecular complexity index is 1250. The van der Waals surface area contributed by atoms with Crippen LogP contribution in [-0.4, -0.2) is 26.3 Å². The van der Waals surface area contributed by atoms with Crippen molar-refractivity contribution in [2.45, 2.75) is 46.2 Å². The Morgan fingerprint density at radius 1 is 0.967 bits per heavy atom. The maximum absolute atomic E-state index is 12.5. The number of benzene rings is 2. The summed E-state index contributed by atoms with van der Waals surface area (Å²) in [6.07, 6.45) is 0.412. The molecule has 0 spiro atoms.